The largest absolute Gasteiger partial charge is 0.497 e. The Balaban J connectivity index is 2.27. The van der Waals surface area contributed by atoms with Gasteiger partial charge < -0.3 is 15.4 Å². The van der Waals surface area contributed by atoms with Crippen LogP contribution < -0.4 is 15.4 Å². The molecular formula is C15H19N3O. The molecule has 0 amide bonds. The Bertz CT molecular complexity index is 552. The molecule has 4 nitrogen and oxygen atoms in total. The lowest BCUT2D eigenvalue weighted by Gasteiger charge is -2.19. The SMILES string of the molecule is COc1ccc(N(C)c2ccc(CN)c(C)n2)cc1. The van der Waals surface area contributed by atoms with Crippen molar-refractivity contribution in [3.8, 4) is 5.75 Å². The van der Waals surface area contributed by atoms with Gasteiger partial charge in [0.2, 0.25) is 0 Å². The number of rotatable bonds is 4. The summed E-state index contributed by atoms with van der Waals surface area (Å²) in [6, 6.07) is 11.9. The summed E-state index contributed by atoms with van der Waals surface area (Å²) in [5.41, 5.74) is 8.76. The summed E-state index contributed by atoms with van der Waals surface area (Å²) in [5, 5.41) is 0. The van der Waals surface area contributed by atoms with E-state index in [9.17, 15) is 0 Å². The average Bonchev–Trinajstić information content (AvgIpc) is 2.46. The zero-order chi connectivity index (χ0) is 13.8. The summed E-state index contributed by atoms with van der Waals surface area (Å²) in [6.07, 6.45) is 0. The minimum Gasteiger partial charge on any atom is -0.497 e. The molecule has 0 spiro atoms. The molecule has 4 heteroatoms. The summed E-state index contributed by atoms with van der Waals surface area (Å²) >= 11 is 0. The highest BCUT2D eigenvalue weighted by atomic mass is 16.5. The van der Waals surface area contributed by atoms with Gasteiger partial charge in [-0.25, -0.2) is 4.98 Å². The zero-order valence-corrected chi connectivity index (χ0v) is 11.6. The number of benzene rings is 1. The van der Waals surface area contributed by atoms with Crippen molar-refractivity contribution in [1.82, 2.24) is 4.98 Å². The molecule has 19 heavy (non-hydrogen) atoms. The van der Waals surface area contributed by atoms with Gasteiger partial charge >= 0.3 is 0 Å². The number of methoxy groups -OCH3 is 1. The van der Waals surface area contributed by atoms with Gasteiger partial charge in [-0.1, -0.05) is 6.07 Å². The molecular weight excluding hydrogens is 238 g/mol. The molecule has 1 aromatic heterocycles. The predicted octanol–water partition coefficient (Wildman–Crippen LogP) is 2.63. The highest BCUT2D eigenvalue weighted by Crippen LogP contribution is 2.24. The van der Waals surface area contributed by atoms with Crippen LogP contribution in [0.5, 0.6) is 5.75 Å². The smallest absolute Gasteiger partial charge is 0.132 e. The molecule has 1 aromatic carbocycles. The Morgan fingerprint density at radius 1 is 1.16 bits per heavy atom. The fourth-order valence-corrected chi connectivity index (χ4v) is 1.92. The number of anilines is 2. The molecule has 100 valence electrons. The molecule has 2 rings (SSSR count). The molecule has 0 saturated carbocycles. The molecule has 0 aliphatic heterocycles. The van der Waals surface area contributed by atoms with Crippen molar-refractivity contribution in [1.29, 1.82) is 0 Å². The first kappa shape index (κ1) is 13.4. The molecule has 0 radical (unpaired) electrons. The quantitative estimate of drug-likeness (QED) is 0.914. The van der Waals surface area contributed by atoms with Crippen LogP contribution in [0.2, 0.25) is 0 Å². The van der Waals surface area contributed by atoms with Crippen molar-refractivity contribution in [2.24, 2.45) is 5.73 Å². The summed E-state index contributed by atoms with van der Waals surface area (Å²) in [6.45, 7) is 2.50. The van der Waals surface area contributed by atoms with E-state index < -0.39 is 0 Å². The number of nitrogens with zero attached hydrogens (tertiary/aromatic N) is 2. The molecule has 0 aliphatic carbocycles. The Morgan fingerprint density at radius 3 is 2.37 bits per heavy atom. The number of hydrogen-bond donors (Lipinski definition) is 1. The molecule has 2 N–H and O–H groups in total. The summed E-state index contributed by atoms with van der Waals surface area (Å²) in [4.78, 5) is 6.61. The number of hydrogen-bond acceptors (Lipinski definition) is 4. The van der Waals surface area contributed by atoms with Crippen LogP contribution in [0.25, 0.3) is 0 Å². The van der Waals surface area contributed by atoms with Crippen molar-refractivity contribution in [3.05, 3.63) is 47.7 Å². The van der Waals surface area contributed by atoms with Crippen LogP contribution >= 0.6 is 0 Å². The van der Waals surface area contributed by atoms with Gasteiger partial charge in [0.1, 0.15) is 11.6 Å². The molecule has 0 aliphatic rings. The summed E-state index contributed by atoms with van der Waals surface area (Å²) in [7, 11) is 3.65. The highest BCUT2D eigenvalue weighted by molar-refractivity contribution is 5.60. The van der Waals surface area contributed by atoms with E-state index in [1.807, 2.05) is 55.3 Å². The van der Waals surface area contributed by atoms with E-state index in [2.05, 4.69) is 4.98 Å². The number of pyridine rings is 1. The van der Waals surface area contributed by atoms with Crippen LogP contribution in [-0.4, -0.2) is 19.1 Å². The van der Waals surface area contributed by atoms with Crippen LogP contribution in [0.3, 0.4) is 0 Å². The lowest BCUT2D eigenvalue weighted by molar-refractivity contribution is 0.415. The van der Waals surface area contributed by atoms with E-state index in [1.165, 1.54) is 0 Å². The second-order valence-corrected chi connectivity index (χ2v) is 4.38. The van der Waals surface area contributed by atoms with Crippen LogP contribution in [-0.2, 0) is 6.54 Å². The molecule has 2 aromatic rings. The fraction of sp³-hybridized carbons (Fsp3) is 0.267. The van der Waals surface area contributed by atoms with Crippen molar-refractivity contribution in [3.63, 3.8) is 0 Å². The van der Waals surface area contributed by atoms with Crippen molar-refractivity contribution >= 4 is 11.5 Å². The maximum absolute atomic E-state index is 5.65. The van der Waals surface area contributed by atoms with Gasteiger partial charge in [0.15, 0.2) is 0 Å². The van der Waals surface area contributed by atoms with Gasteiger partial charge in [-0.3, -0.25) is 0 Å². The van der Waals surface area contributed by atoms with Crippen molar-refractivity contribution < 1.29 is 4.74 Å². The van der Waals surface area contributed by atoms with E-state index in [4.69, 9.17) is 10.5 Å². The second-order valence-electron chi connectivity index (χ2n) is 4.38. The van der Waals surface area contributed by atoms with Gasteiger partial charge in [-0.05, 0) is 42.8 Å². The van der Waals surface area contributed by atoms with Gasteiger partial charge in [0, 0.05) is 25.0 Å². The van der Waals surface area contributed by atoms with Gasteiger partial charge in [-0.15, -0.1) is 0 Å². The Hall–Kier alpha value is -2.07. The van der Waals surface area contributed by atoms with E-state index in [-0.39, 0.29) is 0 Å². The first-order chi connectivity index (χ1) is 9.15. The third-order valence-electron chi connectivity index (χ3n) is 3.20. The Labute approximate surface area is 113 Å². The third-order valence-corrected chi connectivity index (χ3v) is 3.20. The Kier molecular flexibility index (Phi) is 4.02. The van der Waals surface area contributed by atoms with Crippen LogP contribution in [0, 0.1) is 6.92 Å². The highest BCUT2D eigenvalue weighted by Gasteiger charge is 2.07. The standard InChI is InChI=1S/C15H19N3O/c1-11-12(10-16)4-9-15(17-11)18(2)13-5-7-14(19-3)8-6-13/h4-9H,10,16H2,1-3H3. The lowest BCUT2D eigenvalue weighted by Crippen LogP contribution is -2.12. The monoisotopic (exact) mass is 257 g/mol. The molecule has 0 unspecified atom stereocenters. The fourth-order valence-electron chi connectivity index (χ4n) is 1.92. The van der Waals surface area contributed by atoms with E-state index in [0.29, 0.717) is 6.54 Å². The van der Waals surface area contributed by atoms with E-state index in [1.54, 1.807) is 7.11 Å². The summed E-state index contributed by atoms with van der Waals surface area (Å²) < 4.78 is 5.16. The van der Waals surface area contributed by atoms with Gasteiger partial charge in [-0.2, -0.15) is 0 Å². The number of nitrogens with two attached hydrogens (primary N) is 1. The number of aryl methyl sites for hydroxylation is 1. The average molecular weight is 257 g/mol. The Morgan fingerprint density at radius 2 is 1.84 bits per heavy atom. The van der Waals surface area contributed by atoms with Gasteiger partial charge in [0.05, 0.1) is 7.11 Å². The third kappa shape index (κ3) is 2.85. The molecule has 0 bridgehead atoms. The van der Waals surface area contributed by atoms with Crippen molar-refractivity contribution in [2.75, 3.05) is 19.1 Å². The van der Waals surface area contributed by atoms with Crippen molar-refractivity contribution in [2.45, 2.75) is 13.5 Å². The molecule has 0 atom stereocenters. The topological polar surface area (TPSA) is 51.4 Å². The first-order valence-electron chi connectivity index (χ1n) is 6.20. The van der Waals surface area contributed by atoms with E-state index >= 15 is 0 Å². The normalized spacial score (nSPS) is 10.3. The van der Waals surface area contributed by atoms with Gasteiger partial charge in [0.25, 0.3) is 0 Å². The molecule has 1 heterocycles. The maximum Gasteiger partial charge on any atom is 0.132 e. The number of aromatic nitrogens is 1. The van der Waals surface area contributed by atoms with Crippen LogP contribution in [0.1, 0.15) is 11.3 Å². The maximum atomic E-state index is 5.65. The lowest BCUT2D eigenvalue weighted by atomic mass is 10.2. The molecule has 0 saturated heterocycles. The summed E-state index contributed by atoms with van der Waals surface area (Å²) in [5.74, 6) is 1.75. The first-order valence-corrected chi connectivity index (χ1v) is 6.20. The zero-order valence-electron chi connectivity index (χ0n) is 11.6. The molecule has 0 fully saturated rings. The number of ether oxygens (including phenoxy) is 1. The predicted molar refractivity (Wildman–Crippen MR) is 77.9 cm³/mol. The van der Waals surface area contributed by atoms with Crippen LogP contribution in [0.15, 0.2) is 36.4 Å². The second kappa shape index (κ2) is 5.71. The minimum atomic E-state index is 0.519. The van der Waals surface area contributed by atoms with Crippen LogP contribution in [0.4, 0.5) is 11.5 Å². The minimum absolute atomic E-state index is 0.519. The van der Waals surface area contributed by atoms with E-state index in [0.717, 1.165) is 28.5 Å².